The molecule has 0 aliphatic rings. The van der Waals surface area contributed by atoms with Gasteiger partial charge in [-0.25, -0.2) is 0 Å². The number of halogens is 1. The molecule has 0 fully saturated rings. The van der Waals surface area contributed by atoms with E-state index in [9.17, 15) is 9.90 Å². The Labute approximate surface area is 157 Å². The molecule has 0 spiro atoms. The number of carbonyl (C=O) groups is 1. The van der Waals surface area contributed by atoms with Gasteiger partial charge in [0.05, 0.1) is 0 Å². The predicted molar refractivity (Wildman–Crippen MR) is 106 cm³/mol. The van der Waals surface area contributed by atoms with Gasteiger partial charge in [-0.1, -0.05) is 72.3 Å². The highest BCUT2D eigenvalue weighted by Gasteiger charge is 2.16. The molecular weight excluding hydrogens is 346 g/mol. The Bertz CT molecular complexity index is 908. The van der Waals surface area contributed by atoms with Crippen LogP contribution in [0.25, 0.3) is 6.08 Å². The van der Waals surface area contributed by atoms with E-state index in [-0.39, 0.29) is 5.91 Å². The van der Waals surface area contributed by atoms with Crippen molar-refractivity contribution in [1.29, 1.82) is 0 Å². The number of aliphatic hydroxyl groups is 1. The Morgan fingerprint density at radius 2 is 1.62 bits per heavy atom. The van der Waals surface area contributed by atoms with Crippen LogP contribution < -0.4 is 5.32 Å². The molecule has 0 unspecified atom stereocenters. The van der Waals surface area contributed by atoms with Crippen LogP contribution in [0.2, 0.25) is 5.02 Å². The molecule has 130 valence electrons. The maximum absolute atomic E-state index is 12.3. The van der Waals surface area contributed by atoms with Crippen molar-refractivity contribution in [1.82, 2.24) is 0 Å². The third kappa shape index (κ3) is 4.60. The number of carbonyl (C=O) groups excluding carboxylic acids is 1. The summed E-state index contributed by atoms with van der Waals surface area (Å²) >= 11 is 6.09. The van der Waals surface area contributed by atoms with Crippen LogP contribution in [0.15, 0.2) is 84.9 Å². The summed E-state index contributed by atoms with van der Waals surface area (Å²) in [6.07, 6.45) is 2.31. The van der Waals surface area contributed by atoms with E-state index in [4.69, 9.17) is 11.6 Å². The molecule has 0 saturated heterocycles. The van der Waals surface area contributed by atoms with Crippen LogP contribution in [0, 0.1) is 0 Å². The van der Waals surface area contributed by atoms with E-state index >= 15 is 0 Å². The van der Waals surface area contributed by atoms with Gasteiger partial charge in [-0.05, 0) is 35.4 Å². The molecule has 0 aliphatic carbocycles. The molecule has 1 amide bonds. The molecule has 0 radical (unpaired) electrons. The van der Waals surface area contributed by atoms with Gasteiger partial charge in [0, 0.05) is 22.3 Å². The van der Waals surface area contributed by atoms with Gasteiger partial charge in [-0.3, -0.25) is 4.79 Å². The zero-order chi connectivity index (χ0) is 18.4. The monoisotopic (exact) mass is 363 g/mol. The third-order valence-corrected chi connectivity index (χ3v) is 4.14. The summed E-state index contributed by atoms with van der Waals surface area (Å²) in [6.45, 7) is 0. The average molecular weight is 364 g/mol. The second kappa shape index (κ2) is 8.48. The lowest BCUT2D eigenvalue weighted by Crippen LogP contribution is -2.12. The standard InChI is InChI=1S/C22H18ClNO2/c23-18-12-13-20(19(15-18)22(26)17-9-5-2-6-10-17)24-21(25)14-11-16-7-3-1-4-8-16/h1-15,22,26H,(H,24,25)/b14-11+/t22-/m0/s1. The predicted octanol–water partition coefficient (Wildman–Crippen LogP) is 5.07. The van der Waals surface area contributed by atoms with Crippen molar-refractivity contribution < 1.29 is 9.90 Å². The Balaban J connectivity index is 1.82. The van der Waals surface area contributed by atoms with Crippen molar-refractivity contribution in [2.75, 3.05) is 5.32 Å². The van der Waals surface area contributed by atoms with Crippen molar-refractivity contribution in [2.45, 2.75) is 6.10 Å². The van der Waals surface area contributed by atoms with E-state index in [1.54, 1.807) is 24.3 Å². The number of nitrogens with one attached hydrogen (secondary N) is 1. The maximum Gasteiger partial charge on any atom is 0.248 e. The molecule has 0 bridgehead atoms. The first-order valence-corrected chi connectivity index (χ1v) is 8.58. The third-order valence-electron chi connectivity index (χ3n) is 3.91. The molecule has 0 heterocycles. The van der Waals surface area contributed by atoms with E-state index in [1.165, 1.54) is 6.08 Å². The first kappa shape index (κ1) is 17.9. The number of hydrogen-bond acceptors (Lipinski definition) is 2. The second-order valence-corrected chi connectivity index (χ2v) is 6.21. The summed E-state index contributed by atoms with van der Waals surface area (Å²) in [6, 6.07) is 23.8. The van der Waals surface area contributed by atoms with Crippen LogP contribution in [0.3, 0.4) is 0 Å². The largest absolute Gasteiger partial charge is 0.384 e. The zero-order valence-electron chi connectivity index (χ0n) is 14.0. The van der Waals surface area contributed by atoms with Gasteiger partial charge < -0.3 is 10.4 Å². The molecule has 2 N–H and O–H groups in total. The lowest BCUT2D eigenvalue weighted by Gasteiger charge is -2.16. The van der Waals surface area contributed by atoms with Crippen LogP contribution in [-0.2, 0) is 4.79 Å². The van der Waals surface area contributed by atoms with E-state index < -0.39 is 6.10 Å². The normalized spacial score (nSPS) is 12.1. The minimum Gasteiger partial charge on any atom is -0.384 e. The number of anilines is 1. The molecule has 3 nitrogen and oxygen atoms in total. The van der Waals surface area contributed by atoms with Crippen LogP contribution >= 0.6 is 11.6 Å². The Hall–Kier alpha value is -2.88. The highest BCUT2D eigenvalue weighted by Crippen LogP contribution is 2.30. The number of rotatable bonds is 5. The van der Waals surface area contributed by atoms with E-state index in [0.29, 0.717) is 16.3 Å². The fourth-order valence-corrected chi connectivity index (χ4v) is 2.78. The van der Waals surface area contributed by atoms with Crippen LogP contribution in [0.1, 0.15) is 22.8 Å². The highest BCUT2D eigenvalue weighted by atomic mass is 35.5. The molecule has 3 aromatic carbocycles. The smallest absolute Gasteiger partial charge is 0.248 e. The summed E-state index contributed by atoms with van der Waals surface area (Å²) in [5.41, 5.74) is 2.73. The van der Waals surface area contributed by atoms with Gasteiger partial charge in [-0.15, -0.1) is 0 Å². The minimum absolute atomic E-state index is 0.280. The summed E-state index contributed by atoms with van der Waals surface area (Å²) in [7, 11) is 0. The summed E-state index contributed by atoms with van der Waals surface area (Å²) in [4.78, 5) is 12.3. The maximum atomic E-state index is 12.3. The fourth-order valence-electron chi connectivity index (χ4n) is 2.60. The van der Waals surface area contributed by atoms with E-state index in [2.05, 4.69) is 5.32 Å². The summed E-state index contributed by atoms with van der Waals surface area (Å²) in [5.74, 6) is -0.280. The van der Waals surface area contributed by atoms with Gasteiger partial charge in [0.2, 0.25) is 5.91 Å². The van der Waals surface area contributed by atoms with Crippen LogP contribution in [0.5, 0.6) is 0 Å². The fraction of sp³-hybridized carbons (Fsp3) is 0.0455. The molecule has 0 aromatic heterocycles. The Morgan fingerprint density at radius 1 is 0.962 bits per heavy atom. The zero-order valence-corrected chi connectivity index (χ0v) is 14.7. The van der Waals surface area contributed by atoms with Crippen LogP contribution in [-0.4, -0.2) is 11.0 Å². The Morgan fingerprint density at radius 3 is 2.31 bits per heavy atom. The van der Waals surface area contributed by atoms with Gasteiger partial charge in [0.25, 0.3) is 0 Å². The van der Waals surface area contributed by atoms with Gasteiger partial charge >= 0.3 is 0 Å². The average Bonchev–Trinajstić information content (AvgIpc) is 2.69. The van der Waals surface area contributed by atoms with Gasteiger partial charge in [-0.2, -0.15) is 0 Å². The molecule has 3 rings (SSSR count). The minimum atomic E-state index is -0.886. The van der Waals surface area contributed by atoms with Crippen molar-refractivity contribution in [3.05, 3.63) is 107 Å². The number of aliphatic hydroxyl groups excluding tert-OH is 1. The van der Waals surface area contributed by atoms with E-state index in [0.717, 1.165) is 11.1 Å². The first-order chi connectivity index (χ1) is 12.6. The molecule has 3 aromatic rings. The SMILES string of the molecule is O=C(/C=C/c1ccccc1)Nc1ccc(Cl)cc1[C@@H](O)c1ccccc1. The van der Waals surface area contributed by atoms with E-state index in [1.807, 2.05) is 60.7 Å². The van der Waals surface area contributed by atoms with Crippen molar-refractivity contribution in [2.24, 2.45) is 0 Å². The molecule has 4 heteroatoms. The lowest BCUT2D eigenvalue weighted by molar-refractivity contribution is -0.111. The van der Waals surface area contributed by atoms with Gasteiger partial charge in [0.15, 0.2) is 0 Å². The lowest BCUT2D eigenvalue weighted by atomic mass is 10.00. The van der Waals surface area contributed by atoms with Crippen molar-refractivity contribution in [3.63, 3.8) is 0 Å². The molecule has 26 heavy (non-hydrogen) atoms. The van der Waals surface area contributed by atoms with Crippen LogP contribution in [0.4, 0.5) is 5.69 Å². The number of hydrogen-bond donors (Lipinski definition) is 2. The first-order valence-electron chi connectivity index (χ1n) is 8.20. The number of benzene rings is 3. The molecular formula is C22H18ClNO2. The molecule has 0 saturated carbocycles. The quantitative estimate of drug-likeness (QED) is 0.621. The van der Waals surface area contributed by atoms with Crippen molar-refractivity contribution in [3.8, 4) is 0 Å². The van der Waals surface area contributed by atoms with Gasteiger partial charge in [0.1, 0.15) is 6.10 Å². The molecule has 1 atom stereocenters. The number of amides is 1. The Kier molecular flexibility index (Phi) is 5.84. The highest BCUT2D eigenvalue weighted by molar-refractivity contribution is 6.30. The van der Waals surface area contributed by atoms with Crippen molar-refractivity contribution >= 4 is 29.3 Å². The second-order valence-electron chi connectivity index (χ2n) is 5.78. The summed E-state index contributed by atoms with van der Waals surface area (Å²) in [5, 5.41) is 14.0. The topological polar surface area (TPSA) is 49.3 Å². The molecule has 0 aliphatic heterocycles. The summed E-state index contributed by atoms with van der Waals surface area (Å²) < 4.78 is 0.